The van der Waals surface area contributed by atoms with Crippen LogP contribution in [0.1, 0.15) is 32.1 Å². The number of allylic oxidation sites excluding steroid dienone is 1. The van der Waals surface area contributed by atoms with E-state index < -0.39 is 0 Å². The van der Waals surface area contributed by atoms with E-state index in [0.29, 0.717) is 24.4 Å². The summed E-state index contributed by atoms with van der Waals surface area (Å²) in [4.78, 5) is 14.0. The van der Waals surface area contributed by atoms with E-state index in [9.17, 15) is 4.79 Å². The first-order valence-corrected chi connectivity index (χ1v) is 7.02. The molecule has 0 aromatic heterocycles. The largest absolute Gasteiger partial charge is 0.342 e. The Kier molecular flexibility index (Phi) is 3.19. The first-order chi connectivity index (χ1) is 8.34. The van der Waals surface area contributed by atoms with Crippen LogP contribution in [0.4, 0.5) is 0 Å². The van der Waals surface area contributed by atoms with Crippen molar-refractivity contribution in [2.75, 3.05) is 19.6 Å². The maximum Gasteiger partial charge on any atom is 0.236 e. The fraction of sp³-hybridized carbons (Fsp3) is 0.786. The van der Waals surface area contributed by atoms with Crippen LogP contribution in [0, 0.1) is 11.8 Å². The van der Waals surface area contributed by atoms with Crippen LogP contribution in [-0.2, 0) is 4.79 Å². The molecular formula is C14H22N2O. The predicted octanol–water partition coefficient (Wildman–Crippen LogP) is 1.55. The third kappa shape index (κ3) is 2.25. The quantitative estimate of drug-likeness (QED) is 0.752. The van der Waals surface area contributed by atoms with Crippen molar-refractivity contribution >= 4 is 5.91 Å². The van der Waals surface area contributed by atoms with Crippen molar-refractivity contribution in [1.82, 2.24) is 10.2 Å². The number of fused-ring (bicyclic) bond motifs is 1. The standard InChI is InChI=1S/C14H22N2O/c17-14(16-7-2-1-3-8-16)10-15-13-9-11-5-4-6-12(11)13/h4,6,11-13,15H,1-3,5,7-10H2. The zero-order valence-electron chi connectivity index (χ0n) is 10.4. The van der Waals surface area contributed by atoms with Crippen LogP contribution in [0.3, 0.4) is 0 Å². The minimum absolute atomic E-state index is 0.301. The molecule has 3 heteroatoms. The number of carbonyl (C=O) groups is 1. The Bertz CT molecular complexity index is 320. The molecule has 0 aromatic rings. The van der Waals surface area contributed by atoms with Gasteiger partial charge in [-0.05, 0) is 43.9 Å². The summed E-state index contributed by atoms with van der Waals surface area (Å²) in [5.41, 5.74) is 0. The number of hydrogen-bond donors (Lipinski definition) is 1. The van der Waals surface area contributed by atoms with Gasteiger partial charge in [0.15, 0.2) is 0 Å². The Balaban J connectivity index is 1.42. The van der Waals surface area contributed by atoms with Crippen molar-refractivity contribution in [2.24, 2.45) is 11.8 Å². The van der Waals surface area contributed by atoms with E-state index in [1.165, 1.54) is 32.1 Å². The average molecular weight is 234 g/mol. The van der Waals surface area contributed by atoms with E-state index >= 15 is 0 Å². The maximum atomic E-state index is 12.0. The van der Waals surface area contributed by atoms with Gasteiger partial charge in [-0.15, -0.1) is 0 Å². The Labute approximate surface area is 103 Å². The summed E-state index contributed by atoms with van der Waals surface area (Å²) >= 11 is 0. The van der Waals surface area contributed by atoms with Crippen molar-refractivity contribution in [1.29, 1.82) is 0 Å². The molecule has 3 atom stereocenters. The molecule has 0 radical (unpaired) electrons. The summed E-state index contributed by atoms with van der Waals surface area (Å²) in [5.74, 6) is 1.89. The van der Waals surface area contributed by atoms with Gasteiger partial charge in [-0.1, -0.05) is 12.2 Å². The van der Waals surface area contributed by atoms with Crippen LogP contribution in [0.2, 0.25) is 0 Å². The van der Waals surface area contributed by atoms with Crippen LogP contribution in [0.5, 0.6) is 0 Å². The fourth-order valence-corrected chi connectivity index (χ4v) is 3.42. The topological polar surface area (TPSA) is 32.3 Å². The normalized spacial score (nSPS) is 35.5. The Morgan fingerprint density at radius 3 is 2.88 bits per heavy atom. The molecule has 2 fully saturated rings. The molecule has 3 nitrogen and oxygen atoms in total. The summed E-state index contributed by atoms with van der Waals surface area (Å²) in [6.45, 7) is 2.48. The second-order valence-corrected chi connectivity index (χ2v) is 5.67. The fourth-order valence-electron chi connectivity index (χ4n) is 3.42. The van der Waals surface area contributed by atoms with E-state index in [1.807, 2.05) is 4.90 Å². The highest BCUT2D eigenvalue weighted by molar-refractivity contribution is 5.78. The zero-order chi connectivity index (χ0) is 11.7. The third-order valence-electron chi connectivity index (χ3n) is 4.59. The number of likely N-dealkylation sites (tertiary alicyclic amines) is 1. The number of carbonyl (C=O) groups excluding carboxylic acids is 1. The summed E-state index contributed by atoms with van der Waals surface area (Å²) in [7, 11) is 0. The van der Waals surface area contributed by atoms with Gasteiger partial charge in [0, 0.05) is 19.1 Å². The molecule has 1 saturated carbocycles. The van der Waals surface area contributed by atoms with Crippen LogP contribution in [0.25, 0.3) is 0 Å². The minimum atomic E-state index is 0.301. The van der Waals surface area contributed by atoms with E-state index in [-0.39, 0.29) is 0 Å². The molecule has 3 aliphatic rings. The summed E-state index contributed by atoms with van der Waals surface area (Å²) < 4.78 is 0. The van der Waals surface area contributed by atoms with Crippen LogP contribution >= 0.6 is 0 Å². The van der Waals surface area contributed by atoms with Crippen LogP contribution in [-0.4, -0.2) is 36.5 Å². The van der Waals surface area contributed by atoms with Crippen molar-refractivity contribution in [3.05, 3.63) is 12.2 Å². The molecule has 2 aliphatic carbocycles. The van der Waals surface area contributed by atoms with Gasteiger partial charge in [-0.3, -0.25) is 4.79 Å². The zero-order valence-corrected chi connectivity index (χ0v) is 10.4. The van der Waals surface area contributed by atoms with Gasteiger partial charge in [-0.25, -0.2) is 0 Å². The van der Waals surface area contributed by atoms with E-state index in [2.05, 4.69) is 17.5 Å². The molecule has 0 spiro atoms. The number of rotatable bonds is 3. The molecule has 94 valence electrons. The SMILES string of the molecule is O=C(CNC1CC2CC=CC21)N1CCCCC1. The second kappa shape index (κ2) is 4.81. The van der Waals surface area contributed by atoms with Crippen molar-refractivity contribution < 1.29 is 4.79 Å². The number of piperidine rings is 1. The molecule has 0 bridgehead atoms. The van der Waals surface area contributed by atoms with Gasteiger partial charge in [0.2, 0.25) is 5.91 Å². The molecule has 1 aliphatic heterocycles. The molecular weight excluding hydrogens is 212 g/mol. The smallest absolute Gasteiger partial charge is 0.236 e. The molecule has 1 amide bonds. The van der Waals surface area contributed by atoms with Gasteiger partial charge in [0.05, 0.1) is 6.54 Å². The maximum absolute atomic E-state index is 12.0. The summed E-state index contributed by atoms with van der Waals surface area (Å²) in [6, 6.07) is 0.562. The van der Waals surface area contributed by atoms with Crippen molar-refractivity contribution in [3.63, 3.8) is 0 Å². The molecule has 1 heterocycles. The van der Waals surface area contributed by atoms with Gasteiger partial charge in [-0.2, -0.15) is 0 Å². The lowest BCUT2D eigenvalue weighted by Gasteiger charge is -2.41. The Morgan fingerprint density at radius 1 is 1.29 bits per heavy atom. The van der Waals surface area contributed by atoms with Crippen molar-refractivity contribution in [2.45, 2.75) is 38.1 Å². The first-order valence-electron chi connectivity index (χ1n) is 7.02. The van der Waals surface area contributed by atoms with Gasteiger partial charge < -0.3 is 10.2 Å². The van der Waals surface area contributed by atoms with Crippen LogP contribution < -0.4 is 5.32 Å². The van der Waals surface area contributed by atoms with Crippen LogP contribution in [0.15, 0.2) is 12.2 Å². The highest BCUT2D eigenvalue weighted by Crippen LogP contribution is 2.42. The number of hydrogen-bond acceptors (Lipinski definition) is 2. The second-order valence-electron chi connectivity index (χ2n) is 5.67. The lowest BCUT2D eigenvalue weighted by molar-refractivity contribution is -0.131. The van der Waals surface area contributed by atoms with E-state index in [0.717, 1.165) is 19.0 Å². The molecule has 17 heavy (non-hydrogen) atoms. The highest BCUT2D eigenvalue weighted by atomic mass is 16.2. The lowest BCUT2D eigenvalue weighted by atomic mass is 9.71. The molecule has 1 N–H and O–H groups in total. The number of nitrogens with one attached hydrogen (secondary N) is 1. The summed E-state index contributed by atoms with van der Waals surface area (Å²) in [5, 5.41) is 3.45. The van der Waals surface area contributed by atoms with Gasteiger partial charge in [0.1, 0.15) is 0 Å². The minimum Gasteiger partial charge on any atom is -0.342 e. The molecule has 1 saturated heterocycles. The molecule has 0 aromatic carbocycles. The first kappa shape index (κ1) is 11.3. The monoisotopic (exact) mass is 234 g/mol. The number of amides is 1. The Hall–Kier alpha value is -0.830. The summed E-state index contributed by atoms with van der Waals surface area (Å²) in [6.07, 6.45) is 10.8. The molecule has 3 rings (SSSR count). The Morgan fingerprint density at radius 2 is 2.12 bits per heavy atom. The van der Waals surface area contributed by atoms with Gasteiger partial charge >= 0.3 is 0 Å². The van der Waals surface area contributed by atoms with Gasteiger partial charge in [0.25, 0.3) is 0 Å². The van der Waals surface area contributed by atoms with E-state index in [1.54, 1.807) is 0 Å². The lowest BCUT2D eigenvalue weighted by Crippen LogP contribution is -2.51. The van der Waals surface area contributed by atoms with E-state index in [4.69, 9.17) is 0 Å². The third-order valence-corrected chi connectivity index (χ3v) is 4.59. The predicted molar refractivity (Wildman–Crippen MR) is 67.6 cm³/mol. The number of nitrogens with zero attached hydrogens (tertiary/aromatic N) is 1. The van der Waals surface area contributed by atoms with Crippen molar-refractivity contribution in [3.8, 4) is 0 Å². The average Bonchev–Trinajstić information content (AvgIpc) is 2.72. The molecule has 3 unspecified atom stereocenters. The highest BCUT2D eigenvalue weighted by Gasteiger charge is 2.40.